The van der Waals surface area contributed by atoms with E-state index in [2.05, 4.69) is 0 Å². The Balaban J connectivity index is 2.00. The topological polar surface area (TPSA) is 29.5 Å². The van der Waals surface area contributed by atoms with Crippen LogP contribution in [-0.2, 0) is 16.4 Å². The maximum absolute atomic E-state index is 14.1. The van der Waals surface area contributed by atoms with E-state index in [1.54, 1.807) is 33.0 Å². The third kappa shape index (κ3) is 2.90. The predicted octanol–water partition coefficient (Wildman–Crippen LogP) is 5.54. The van der Waals surface area contributed by atoms with Crippen molar-refractivity contribution in [1.82, 2.24) is 0 Å². The van der Waals surface area contributed by atoms with Gasteiger partial charge in [0.15, 0.2) is 11.6 Å². The average Bonchev–Trinajstić information content (AvgIpc) is 2.71. The third-order valence-electron chi connectivity index (χ3n) is 4.39. The van der Waals surface area contributed by atoms with Gasteiger partial charge in [0.1, 0.15) is 5.75 Å². The van der Waals surface area contributed by atoms with E-state index in [-0.39, 0.29) is 11.7 Å². The molecule has 0 unspecified atom stereocenters. The third-order valence-corrected chi connectivity index (χ3v) is 4.67. The molecule has 0 fully saturated rings. The summed E-state index contributed by atoms with van der Waals surface area (Å²) in [5.74, 6) is -1.67. The summed E-state index contributed by atoms with van der Waals surface area (Å²) >= 11 is 5.78. The van der Waals surface area contributed by atoms with Gasteiger partial charge in [-0.05, 0) is 49.7 Å². The SMILES string of the molecule is CN1C(=O)C(C)(C)c2cc(Oc3c(F)cc(C(F)(F)F)cc3Cl)ccc21. The fourth-order valence-electron chi connectivity index (χ4n) is 2.95. The summed E-state index contributed by atoms with van der Waals surface area (Å²) in [7, 11) is 1.64. The highest BCUT2D eigenvalue weighted by molar-refractivity contribution is 6.32. The minimum atomic E-state index is -4.72. The van der Waals surface area contributed by atoms with Gasteiger partial charge in [-0.25, -0.2) is 4.39 Å². The average molecular weight is 388 g/mol. The summed E-state index contributed by atoms with van der Waals surface area (Å²) in [5, 5.41) is -0.495. The molecule has 0 aromatic heterocycles. The number of benzene rings is 2. The summed E-state index contributed by atoms with van der Waals surface area (Å²) in [4.78, 5) is 13.8. The van der Waals surface area contributed by atoms with E-state index in [0.717, 1.165) is 0 Å². The first-order valence-electron chi connectivity index (χ1n) is 7.59. The number of likely N-dealkylation sites (N-methyl/N-ethyl adjacent to an activating group) is 1. The van der Waals surface area contributed by atoms with E-state index in [4.69, 9.17) is 16.3 Å². The minimum absolute atomic E-state index is 0.108. The smallest absolute Gasteiger partial charge is 0.416 e. The molecule has 0 saturated carbocycles. The van der Waals surface area contributed by atoms with Crippen molar-refractivity contribution in [1.29, 1.82) is 0 Å². The van der Waals surface area contributed by atoms with Crippen LogP contribution in [0, 0.1) is 5.82 Å². The number of hydrogen-bond acceptors (Lipinski definition) is 2. The van der Waals surface area contributed by atoms with Gasteiger partial charge in [-0.2, -0.15) is 13.2 Å². The van der Waals surface area contributed by atoms with Gasteiger partial charge in [0.2, 0.25) is 5.91 Å². The van der Waals surface area contributed by atoms with Crippen LogP contribution in [0.5, 0.6) is 11.5 Å². The van der Waals surface area contributed by atoms with Crippen LogP contribution >= 0.6 is 11.6 Å². The predicted molar refractivity (Wildman–Crippen MR) is 89.4 cm³/mol. The highest BCUT2D eigenvalue weighted by Crippen LogP contribution is 2.44. The van der Waals surface area contributed by atoms with Gasteiger partial charge in [-0.3, -0.25) is 4.79 Å². The Labute approximate surface area is 152 Å². The molecule has 1 aliphatic heterocycles. The number of nitrogens with zero attached hydrogens (tertiary/aromatic N) is 1. The Bertz CT molecular complexity index is 886. The number of amides is 1. The standard InChI is InChI=1S/C18H14ClF4NO2/c1-17(2)11-8-10(4-5-14(11)24(3)16(17)25)26-15-12(19)6-9(7-13(15)20)18(21,22)23/h4-8H,1-3H3. The second-order valence-corrected chi connectivity index (χ2v) is 6.94. The van der Waals surface area contributed by atoms with Crippen LogP contribution in [0.15, 0.2) is 30.3 Å². The van der Waals surface area contributed by atoms with E-state index in [9.17, 15) is 22.4 Å². The van der Waals surface area contributed by atoms with Gasteiger partial charge < -0.3 is 9.64 Å². The maximum Gasteiger partial charge on any atom is 0.416 e. The highest BCUT2D eigenvalue weighted by Gasteiger charge is 2.42. The molecule has 0 radical (unpaired) electrons. The van der Waals surface area contributed by atoms with E-state index >= 15 is 0 Å². The van der Waals surface area contributed by atoms with Crippen molar-refractivity contribution in [3.8, 4) is 11.5 Å². The normalized spacial score (nSPS) is 16.0. The van der Waals surface area contributed by atoms with E-state index in [1.807, 2.05) is 0 Å². The Morgan fingerprint density at radius 3 is 2.38 bits per heavy atom. The first kappa shape index (κ1) is 18.5. The summed E-state index contributed by atoms with van der Waals surface area (Å²) in [6, 6.07) is 5.62. The van der Waals surface area contributed by atoms with Gasteiger partial charge in [0, 0.05) is 12.7 Å². The summed E-state index contributed by atoms with van der Waals surface area (Å²) in [6.45, 7) is 3.49. The van der Waals surface area contributed by atoms with Crippen LogP contribution < -0.4 is 9.64 Å². The van der Waals surface area contributed by atoms with Crippen molar-refractivity contribution in [2.75, 3.05) is 11.9 Å². The second kappa shape index (κ2) is 5.87. The Morgan fingerprint density at radius 1 is 1.15 bits per heavy atom. The zero-order valence-electron chi connectivity index (χ0n) is 14.0. The number of fused-ring (bicyclic) bond motifs is 1. The van der Waals surface area contributed by atoms with Gasteiger partial charge in [-0.1, -0.05) is 11.6 Å². The molecule has 0 spiro atoms. The number of rotatable bonds is 2. The zero-order chi connectivity index (χ0) is 19.4. The minimum Gasteiger partial charge on any atom is -0.453 e. The van der Waals surface area contributed by atoms with Crippen molar-refractivity contribution < 1.29 is 27.1 Å². The molecule has 3 nitrogen and oxygen atoms in total. The molecule has 0 N–H and O–H groups in total. The van der Waals surface area contributed by atoms with E-state index in [0.29, 0.717) is 23.4 Å². The van der Waals surface area contributed by atoms with Crippen LogP contribution in [0.3, 0.4) is 0 Å². The second-order valence-electron chi connectivity index (χ2n) is 6.54. The summed E-state index contributed by atoms with van der Waals surface area (Å²) < 4.78 is 57.6. The largest absolute Gasteiger partial charge is 0.453 e. The molecule has 0 atom stereocenters. The lowest BCUT2D eigenvalue weighted by atomic mass is 9.86. The van der Waals surface area contributed by atoms with Gasteiger partial charge in [-0.15, -0.1) is 0 Å². The molecule has 0 aliphatic carbocycles. The van der Waals surface area contributed by atoms with Crippen molar-refractivity contribution in [3.05, 3.63) is 52.3 Å². The zero-order valence-corrected chi connectivity index (χ0v) is 14.8. The molecule has 8 heteroatoms. The van der Waals surface area contributed by atoms with Crippen LogP contribution in [0.25, 0.3) is 0 Å². The highest BCUT2D eigenvalue weighted by atomic mass is 35.5. The number of carbonyl (C=O) groups is 1. The van der Waals surface area contributed by atoms with Gasteiger partial charge >= 0.3 is 6.18 Å². The number of halogens is 5. The van der Waals surface area contributed by atoms with E-state index < -0.39 is 33.7 Å². The molecular weight excluding hydrogens is 374 g/mol. The Kier molecular flexibility index (Phi) is 4.18. The number of carbonyl (C=O) groups excluding carboxylic acids is 1. The molecule has 1 aliphatic rings. The molecule has 26 heavy (non-hydrogen) atoms. The first-order chi connectivity index (χ1) is 11.9. The lowest BCUT2D eigenvalue weighted by Gasteiger charge is -2.17. The Hall–Kier alpha value is -2.28. The first-order valence-corrected chi connectivity index (χ1v) is 7.97. The van der Waals surface area contributed by atoms with Crippen molar-refractivity contribution in [2.24, 2.45) is 0 Å². The number of hydrogen-bond donors (Lipinski definition) is 0. The lowest BCUT2D eigenvalue weighted by molar-refractivity contribution is -0.137. The maximum atomic E-state index is 14.1. The Morgan fingerprint density at radius 2 is 1.81 bits per heavy atom. The summed E-state index contributed by atoms with van der Waals surface area (Å²) in [6.07, 6.45) is -4.72. The molecule has 2 aromatic carbocycles. The summed E-state index contributed by atoms with van der Waals surface area (Å²) in [5.41, 5.74) is -0.640. The van der Waals surface area contributed by atoms with Crippen molar-refractivity contribution >= 4 is 23.2 Å². The molecule has 138 valence electrons. The fourth-order valence-corrected chi connectivity index (χ4v) is 3.20. The number of alkyl halides is 3. The quantitative estimate of drug-likeness (QED) is 0.633. The number of anilines is 1. The molecule has 2 aromatic rings. The van der Waals surface area contributed by atoms with Crippen LogP contribution in [-0.4, -0.2) is 13.0 Å². The van der Waals surface area contributed by atoms with Crippen LogP contribution in [0.1, 0.15) is 25.0 Å². The molecule has 0 saturated heterocycles. The monoisotopic (exact) mass is 387 g/mol. The fraction of sp³-hybridized carbons (Fsp3) is 0.278. The van der Waals surface area contributed by atoms with E-state index in [1.165, 1.54) is 11.0 Å². The van der Waals surface area contributed by atoms with Crippen molar-refractivity contribution in [2.45, 2.75) is 25.4 Å². The van der Waals surface area contributed by atoms with Crippen LogP contribution in [0.2, 0.25) is 5.02 Å². The molecular formula is C18H14ClF4NO2. The molecule has 3 rings (SSSR count). The molecule has 1 amide bonds. The van der Waals surface area contributed by atoms with Gasteiger partial charge in [0.25, 0.3) is 0 Å². The molecule has 0 bridgehead atoms. The van der Waals surface area contributed by atoms with Gasteiger partial charge in [0.05, 0.1) is 16.0 Å². The van der Waals surface area contributed by atoms with Crippen molar-refractivity contribution in [3.63, 3.8) is 0 Å². The lowest BCUT2D eigenvalue weighted by Crippen LogP contribution is -2.33. The number of ether oxygens (including phenoxy) is 1. The molecule has 1 heterocycles. The van der Waals surface area contributed by atoms with Crippen LogP contribution in [0.4, 0.5) is 23.2 Å².